The first-order valence-electron chi connectivity index (χ1n) is 6.30. The third-order valence-electron chi connectivity index (χ3n) is 4.37. The number of hydrogen-bond acceptors (Lipinski definition) is 3. The van der Waals surface area contributed by atoms with E-state index < -0.39 is 5.79 Å². The molecule has 3 nitrogen and oxygen atoms in total. The summed E-state index contributed by atoms with van der Waals surface area (Å²) in [6.07, 6.45) is 3.15. The molecule has 0 radical (unpaired) electrons. The number of benzene rings is 1. The molecule has 2 unspecified atom stereocenters. The highest BCUT2D eigenvalue weighted by atomic mass is 16.7. The zero-order valence-corrected chi connectivity index (χ0v) is 9.69. The van der Waals surface area contributed by atoms with Crippen molar-refractivity contribution in [1.82, 2.24) is 0 Å². The first kappa shape index (κ1) is 10.1. The lowest BCUT2D eigenvalue weighted by atomic mass is 9.95. The number of rotatable bonds is 0. The number of ether oxygens (including phenoxy) is 2. The van der Waals surface area contributed by atoms with Crippen LogP contribution in [-0.2, 0) is 22.5 Å². The summed E-state index contributed by atoms with van der Waals surface area (Å²) in [5.74, 6) is -0.466. The number of aliphatic hydroxyl groups excluding tert-OH is 1. The molecule has 3 aliphatic rings. The van der Waals surface area contributed by atoms with Gasteiger partial charge in [0.2, 0.25) is 0 Å². The van der Waals surface area contributed by atoms with Gasteiger partial charge in [-0.3, -0.25) is 0 Å². The van der Waals surface area contributed by atoms with Crippen LogP contribution in [0.4, 0.5) is 0 Å². The maximum Gasteiger partial charge on any atom is 0.173 e. The van der Waals surface area contributed by atoms with Gasteiger partial charge < -0.3 is 14.6 Å². The van der Waals surface area contributed by atoms with E-state index in [2.05, 4.69) is 18.2 Å². The smallest absolute Gasteiger partial charge is 0.173 e. The van der Waals surface area contributed by atoms with Crippen LogP contribution in [0, 0.1) is 0 Å². The third kappa shape index (κ3) is 1.39. The summed E-state index contributed by atoms with van der Waals surface area (Å²) in [5.41, 5.74) is 2.32. The highest BCUT2D eigenvalue weighted by Gasteiger charge is 2.64. The average molecular weight is 232 g/mol. The molecule has 1 N–H and O–H groups in total. The van der Waals surface area contributed by atoms with Crippen molar-refractivity contribution in [2.45, 2.75) is 49.8 Å². The zero-order valence-electron chi connectivity index (χ0n) is 9.69. The van der Waals surface area contributed by atoms with Crippen LogP contribution >= 0.6 is 0 Å². The van der Waals surface area contributed by atoms with E-state index in [4.69, 9.17) is 9.47 Å². The molecule has 2 fully saturated rings. The van der Waals surface area contributed by atoms with Gasteiger partial charge in [0, 0.05) is 19.3 Å². The van der Waals surface area contributed by atoms with Crippen LogP contribution in [0.1, 0.15) is 30.4 Å². The average Bonchev–Trinajstić information content (AvgIpc) is 2.81. The summed E-state index contributed by atoms with van der Waals surface area (Å²) in [4.78, 5) is 0. The summed E-state index contributed by atoms with van der Waals surface area (Å²) in [7, 11) is 0. The monoisotopic (exact) mass is 232 g/mol. The summed E-state index contributed by atoms with van der Waals surface area (Å²) >= 11 is 0. The SMILES string of the molecule is OC1CC12CC[C@]1(Cc3ccccc3CO1)O2. The molecule has 1 saturated heterocycles. The Morgan fingerprint density at radius 2 is 1.94 bits per heavy atom. The number of aliphatic hydroxyl groups is 1. The van der Waals surface area contributed by atoms with E-state index in [9.17, 15) is 5.11 Å². The molecule has 1 aromatic rings. The highest BCUT2D eigenvalue weighted by Crippen LogP contribution is 2.55. The molecule has 4 rings (SSSR count). The fourth-order valence-electron chi connectivity index (χ4n) is 3.17. The predicted molar refractivity (Wildman–Crippen MR) is 61.3 cm³/mol. The maximum absolute atomic E-state index is 9.65. The Labute approximate surface area is 100 Å². The van der Waals surface area contributed by atoms with Crippen molar-refractivity contribution in [3.05, 3.63) is 35.4 Å². The lowest BCUT2D eigenvalue weighted by Crippen LogP contribution is -2.39. The van der Waals surface area contributed by atoms with Crippen molar-refractivity contribution >= 4 is 0 Å². The van der Waals surface area contributed by atoms with Crippen molar-refractivity contribution in [3.63, 3.8) is 0 Å². The molecule has 2 aliphatic heterocycles. The second-order valence-electron chi connectivity index (χ2n) is 5.53. The maximum atomic E-state index is 9.65. The first-order valence-corrected chi connectivity index (χ1v) is 6.30. The largest absolute Gasteiger partial charge is 0.390 e. The minimum atomic E-state index is -0.466. The van der Waals surface area contributed by atoms with Crippen molar-refractivity contribution in [2.24, 2.45) is 0 Å². The molecule has 1 aromatic carbocycles. The van der Waals surface area contributed by atoms with Gasteiger partial charge in [0.15, 0.2) is 5.79 Å². The van der Waals surface area contributed by atoms with Gasteiger partial charge in [-0.1, -0.05) is 24.3 Å². The summed E-state index contributed by atoms with van der Waals surface area (Å²) < 4.78 is 12.0. The van der Waals surface area contributed by atoms with E-state index in [0.29, 0.717) is 6.61 Å². The molecule has 0 amide bonds. The standard InChI is InChI=1S/C14H16O3/c15-12-8-13(12)5-6-14(17-13)7-10-3-1-2-4-11(10)9-16-14/h1-4,12,15H,5-9H2/t12?,13?,14-/m1/s1. The highest BCUT2D eigenvalue weighted by molar-refractivity contribution is 5.30. The fourth-order valence-corrected chi connectivity index (χ4v) is 3.17. The molecule has 1 saturated carbocycles. The minimum Gasteiger partial charge on any atom is -0.390 e. The molecule has 3 heteroatoms. The normalized spacial score (nSPS) is 43.0. The molecular formula is C14H16O3. The van der Waals surface area contributed by atoms with Crippen LogP contribution in [0.15, 0.2) is 24.3 Å². The fraction of sp³-hybridized carbons (Fsp3) is 0.571. The van der Waals surface area contributed by atoms with Gasteiger partial charge in [-0.05, 0) is 17.5 Å². The zero-order chi connectivity index (χ0) is 11.5. The molecule has 90 valence electrons. The second kappa shape index (κ2) is 3.10. The van der Waals surface area contributed by atoms with Crippen molar-refractivity contribution in [1.29, 1.82) is 0 Å². The van der Waals surface area contributed by atoms with Crippen molar-refractivity contribution in [3.8, 4) is 0 Å². The van der Waals surface area contributed by atoms with Gasteiger partial charge in [-0.15, -0.1) is 0 Å². The molecule has 0 bridgehead atoms. The van der Waals surface area contributed by atoms with E-state index in [1.165, 1.54) is 11.1 Å². The van der Waals surface area contributed by atoms with E-state index in [0.717, 1.165) is 25.7 Å². The molecule has 17 heavy (non-hydrogen) atoms. The van der Waals surface area contributed by atoms with Gasteiger partial charge in [0.25, 0.3) is 0 Å². The van der Waals surface area contributed by atoms with Crippen LogP contribution in [0.2, 0.25) is 0 Å². The van der Waals surface area contributed by atoms with E-state index in [-0.39, 0.29) is 11.7 Å². The summed E-state index contributed by atoms with van der Waals surface area (Å²) in [6.45, 7) is 0.627. The van der Waals surface area contributed by atoms with Crippen LogP contribution in [0.25, 0.3) is 0 Å². The predicted octanol–water partition coefficient (Wildman–Crippen LogP) is 1.77. The van der Waals surface area contributed by atoms with Gasteiger partial charge >= 0.3 is 0 Å². The molecular weight excluding hydrogens is 216 g/mol. The Balaban J connectivity index is 1.62. The van der Waals surface area contributed by atoms with Crippen LogP contribution in [0.3, 0.4) is 0 Å². The summed E-state index contributed by atoms with van der Waals surface area (Å²) in [6, 6.07) is 8.37. The third-order valence-corrected chi connectivity index (χ3v) is 4.37. The molecule has 2 heterocycles. The van der Waals surface area contributed by atoms with E-state index >= 15 is 0 Å². The minimum absolute atomic E-state index is 0.272. The molecule has 0 aromatic heterocycles. The molecule has 3 atom stereocenters. The lowest BCUT2D eigenvalue weighted by Gasteiger charge is -2.34. The number of fused-ring (bicyclic) bond motifs is 1. The Morgan fingerprint density at radius 1 is 1.18 bits per heavy atom. The Hall–Kier alpha value is -0.900. The Morgan fingerprint density at radius 3 is 2.65 bits per heavy atom. The van der Waals surface area contributed by atoms with Crippen molar-refractivity contribution < 1.29 is 14.6 Å². The lowest BCUT2D eigenvalue weighted by molar-refractivity contribution is -0.248. The second-order valence-corrected chi connectivity index (χ2v) is 5.53. The van der Waals surface area contributed by atoms with Crippen molar-refractivity contribution in [2.75, 3.05) is 0 Å². The van der Waals surface area contributed by atoms with Gasteiger partial charge in [-0.2, -0.15) is 0 Å². The molecule has 2 spiro atoms. The summed E-state index contributed by atoms with van der Waals surface area (Å²) in [5, 5.41) is 9.65. The van der Waals surface area contributed by atoms with Crippen LogP contribution in [0.5, 0.6) is 0 Å². The van der Waals surface area contributed by atoms with Gasteiger partial charge in [0.1, 0.15) is 5.60 Å². The van der Waals surface area contributed by atoms with E-state index in [1.54, 1.807) is 0 Å². The topological polar surface area (TPSA) is 38.7 Å². The van der Waals surface area contributed by atoms with E-state index in [1.807, 2.05) is 6.07 Å². The first-order chi connectivity index (χ1) is 8.22. The Kier molecular flexibility index (Phi) is 1.84. The Bertz CT molecular complexity index is 472. The number of hydrogen-bond donors (Lipinski definition) is 1. The van der Waals surface area contributed by atoms with Crippen LogP contribution < -0.4 is 0 Å². The quantitative estimate of drug-likeness (QED) is 0.741. The molecule has 1 aliphatic carbocycles. The van der Waals surface area contributed by atoms with Gasteiger partial charge in [0.05, 0.1) is 12.7 Å². The van der Waals surface area contributed by atoms with Gasteiger partial charge in [-0.25, -0.2) is 0 Å². The van der Waals surface area contributed by atoms with Crippen LogP contribution in [-0.4, -0.2) is 22.6 Å².